The molecule has 7 nitrogen and oxygen atoms in total. The molecule has 2 aromatic rings. The number of nitro groups is 1. The average molecular weight is 463 g/mol. The molecule has 0 N–H and O–H groups in total. The Morgan fingerprint density at radius 1 is 0.970 bits per heavy atom. The predicted molar refractivity (Wildman–Crippen MR) is 115 cm³/mol. The van der Waals surface area contributed by atoms with Crippen molar-refractivity contribution in [3.05, 3.63) is 75.3 Å². The molecule has 1 amide bonds. The Hall–Kier alpha value is -3.27. The Morgan fingerprint density at radius 2 is 1.64 bits per heavy atom. The first-order valence-corrected chi connectivity index (χ1v) is 10.6. The van der Waals surface area contributed by atoms with Crippen LogP contribution >= 0.6 is 0 Å². The Bertz CT molecular complexity index is 1000. The van der Waals surface area contributed by atoms with Crippen LogP contribution in [0.4, 0.5) is 18.9 Å². The van der Waals surface area contributed by atoms with Gasteiger partial charge < -0.3 is 4.90 Å². The summed E-state index contributed by atoms with van der Waals surface area (Å²) in [7, 11) is 0. The lowest BCUT2D eigenvalue weighted by molar-refractivity contribution is -0.384. The molecular weight excluding hydrogens is 439 g/mol. The number of nitrogens with zero attached hydrogens (tertiary/aromatic N) is 3. The maximum Gasteiger partial charge on any atom is 0.416 e. The Kier molecular flexibility index (Phi) is 7.80. The molecule has 0 atom stereocenters. The van der Waals surface area contributed by atoms with Gasteiger partial charge in [-0.1, -0.05) is 18.2 Å². The zero-order valence-electron chi connectivity index (χ0n) is 17.9. The van der Waals surface area contributed by atoms with Gasteiger partial charge in [-0.25, -0.2) is 0 Å². The highest BCUT2D eigenvalue weighted by molar-refractivity contribution is 5.96. The number of non-ortho nitro benzene ring substituents is 1. The first kappa shape index (κ1) is 24.4. The van der Waals surface area contributed by atoms with E-state index in [1.165, 1.54) is 30.3 Å². The zero-order valence-corrected chi connectivity index (χ0v) is 17.9. The topological polar surface area (TPSA) is 83.8 Å². The van der Waals surface area contributed by atoms with E-state index in [9.17, 15) is 32.9 Å². The summed E-state index contributed by atoms with van der Waals surface area (Å²) in [6.07, 6.45) is -3.62. The molecule has 0 bridgehead atoms. The number of piperazine rings is 1. The van der Waals surface area contributed by atoms with Crippen LogP contribution in [0.15, 0.2) is 48.5 Å². The van der Waals surface area contributed by atoms with Gasteiger partial charge >= 0.3 is 6.18 Å². The van der Waals surface area contributed by atoms with Crippen LogP contribution in [0, 0.1) is 10.1 Å². The lowest BCUT2D eigenvalue weighted by Gasteiger charge is -2.35. The first-order chi connectivity index (χ1) is 15.6. The monoisotopic (exact) mass is 463 g/mol. The number of ketones is 1. The summed E-state index contributed by atoms with van der Waals surface area (Å²) in [6, 6.07) is 10.6. The van der Waals surface area contributed by atoms with Crippen LogP contribution in [0.25, 0.3) is 0 Å². The summed E-state index contributed by atoms with van der Waals surface area (Å²) in [6.45, 7) is 2.46. The van der Waals surface area contributed by atoms with Gasteiger partial charge in [0.1, 0.15) is 0 Å². The summed E-state index contributed by atoms with van der Waals surface area (Å²) >= 11 is 0. The number of carbonyl (C=O) groups is 2. The van der Waals surface area contributed by atoms with E-state index >= 15 is 0 Å². The first-order valence-electron chi connectivity index (χ1n) is 10.6. The van der Waals surface area contributed by atoms with Gasteiger partial charge in [0.15, 0.2) is 5.78 Å². The fraction of sp³-hybridized carbons (Fsp3) is 0.391. The van der Waals surface area contributed by atoms with Crippen molar-refractivity contribution in [2.45, 2.75) is 32.0 Å². The fourth-order valence-electron chi connectivity index (χ4n) is 3.73. The molecule has 1 saturated heterocycles. The van der Waals surface area contributed by atoms with Crippen LogP contribution < -0.4 is 0 Å². The van der Waals surface area contributed by atoms with E-state index in [2.05, 4.69) is 0 Å². The molecule has 1 aliphatic heterocycles. The lowest BCUT2D eigenvalue weighted by Crippen LogP contribution is -2.48. The molecule has 2 aromatic carbocycles. The van der Waals surface area contributed by atoms with Gasteiger partial charge in [-0.2, -0.15) is 13.2 Å². The number of hydrogen-bond donors (Lipinski definition) is 0. The molecule has 0 aromatic heterocycles. The Morgan fingerprint density at radius 3 is 2.24 bits per heavy atom. The second-order valence-electron chi connectivity index (χ2n) is 7.94. The third-order valence-electron chi connectivity index (χ3n) is 5.58. The molecule has 0 unspecified atom stereocenters. The van der Waals surface area contributed by atoms with E-state index < -0.39 is 16.7 Å². The Labute approximate surface area is 188 Å². The molecule has 33 heavy (non-hydrogen) atoms. The summed E-state index contributed by atoms with van der Waals surface area (Å²) in [5, 5.41) is 10.7. The smallest absolute Gasteiger partial charge is 0.340 e. The maximum absolute atomic E-state index is 12.9. The largest absolute Gasteiger partial charge is 0.416 e. The highest BCUT2D eigenvalue weighted by Crippen LogP contribution is 2.29. The standard InChI is InChI=1S/C23H24F3N3O4/c24-23(25,26)19-4-1-3-17(15-19)16-27-11-13-28(14-12-27)22(31)6-2-5-21(30)18-7-9-20(10-8-18)29(32)33/h1,3-4,7-10,15H,2,5-6,11-14,16H2. The van der Waals surface area contributed by atoms with Crippen LogP contribution in [0.2, 0.25) is 0 Å². The molecule has 1 aliphatic rings. The minimum absolute atomic E-state index is 0.0646. The summed E-state index contributed by atoms with van der Waals surface area (Å²) in [5.74, 6) is -0.242. The third kappa shape index (κ3) is 6.85. The lowest BCUT2D eigenvalue weighted by atomic mass is 10.0. The van der Waals surface area contributed by atoms with Crippen LogP contribution in [0.1, 0.15) is 40.7 Å². The van der Waals surface area contributed by atoms with E-state index in [0.717, 1.165) is 12.1 Å². The molecule has 10 heteroatoms. The van der Waals surface area contributed by atoms with Gasteiger partial charge in [-0.3, -0.25) is 24.6 Å². The number of amides is 1. The van der Waals surface area contributed by atoms with Crippen LogP contribution in [-0.4, -0.2) is 52.6 Å². The average Bonchev–Trinajstić information content (AvgIpc) is 2.79. The molecule has 3 rings (SSSR count). The predicted octanol–water partition coefficient (Wildman–Crippen LogP) is 4.31. The van der Waals surface area contributed by atoms with Gasteiger partial charge in [0.05, 0.1) is 10.5 Å². The molecule has 176 valence electrons. The number of alkyl halides is 3. The van der Waals surface area contributed by atoms with Crippen molar-refractivity contribution in [2.24, 2.45) is 0 Å². The van der Waals surface area contributed by atoms with E-state index in [0.29, 0.717) is 50.3 Å². The molecule has 1 heterocycles. The van der Waals surface area contributed by atoms with Crippen molar-refractivity contribution < 1.29 is 27.7 Å². The van der Waals surface area contributed by atoms with Crippen molar-refractivity contribution in [3.63, 3.8) is 0 Å². The van der Waals surface area contributed by atoms with Gasteiger partial charge in [0.25, 0.3) is 5.69 Å². The van der Waals surface area contributed by atoms with Gasteiger partial charge in [0.2, 0.25) is 5.91 Å². The molecule has 0 spiro atoms. The van der Waals surface area contributed by atoms with Crippen molar-refractivity contribution in [3.8, 4) is 0 Å². The SMILES string of the molecule is O=C(CCCC(=O)N1CCN(Cc2cccc(C(F)(F)F)c2)CC1)c1ccc([N+](=O)[O-])cc1. The number of benzene rings is 2. The summed E-state index contributed by atoms with van der Waals surface area (Å²) < 4.78 is 38.6. The van der Waals surface area contributed by atoms with Crippen molar-refractivity contribution in [2.75, 3.05) is 26.2 Å². The summed E-state index contributed by atoms with van der Waals surface area (Å²) in [5.41, 5.74) is 0.191. The fourth-order valence-corrected chi connectivity index (χ4v) is 3.73. The second-order valence-corrected chi connectivity index (χ2v) is 7.94. The number of nitro benzene ring substituents is 1. The molecule has 0 aliphatic carbocycles. The minimum atomic E-state index is -4.37. The van der Waals surface area contributed by atoms with Crippen LogP contribution in [-0.2, 0) is 17.5 Å². The van der Waals surface area contributed by atoms with Gasteiger partial charge in [-0.05, 0) is 30.2 Å². The van der Waals surface area contributed by atoms with E-state index in [1.807, 2.05) is 4.90 Å². The highest BCUT2D eigenvalue weighted by Gasteiger charge is 2.30. The summed E-state index contributed by atoms with van der Waals surface area (Å²) in [4.78, 5) is 38.5. The zero-order chi connectivity index (χ0) is 24.0. The minimum Gasteiger partial charge on any atom is -0.340 e. The van der Waals surface area contributed by atoms with Crippen molar-refractivity contribution in [1.29, 1.82) is 0 Å². The highest BCUT2D eigenvalue weighted by atomic mass is 19.4. The van der Waals surface area contributed by atoms with Gasteiger partial charge in [-0.15, -0.1) is 0 Å². The Balaban J connectivity index is 1.40. The quantitative estimate of drug-likeness (QED) is 0.331. The van der Waals surface area contributed by atoms with Crippen LogP contribution in [0.5, 0.6) is 0 Å². The van der Waals surface area contributed by atoms with E-state index in [1.54, 1.807) is 11.0 Å². The second kappa shape index (κ2) is 10.6. The number of carbonyl (C=O) groups excluding carboxylic acids is 2. The molecule has 0 saturated carbocycles. The van der Waals surface area contributed by atoms with Crippen molar-refractivity contribution >= 4 is 17.4 Å². The number of rotatable bonds is 8. The normalized spacial score (nSPS) is 14.8. The van der Waals surface area contributed by atoms with Gasteiger partial charge in [0, 0.05) is 63.3 Å². The maximum atomic E-state index is 12.9. The van der Waals surface area contributed by atoms with Crippen LogP contribution in [0.3, 0.4) is 0 Å². The number of Topliss-reactive ketones (excluding diaryl/α,β-unsaturated/α-hetero) is 1. The molecule has 1 fully saturated rings. The number of halogens is 3. The van der Waals surface area contributed by atoms with Crippen molar-refractivity contribution in [1.82, 2.24) is 9.80 Å². The van der Waals surface area contributed by atoms with E-state index in [4.69, 9.17) is 0 Å². The molecule has 0 radical (unpaired) electrons. The number of hydrogen-bond acceptors (Lipinski definition) is 5. The van der Waals surface area contributed by atoms with E-state index in [-0.39, 0.29) is 30.2 Å². The third-order valence-corrected chi connectivity index (χ3v) is 5.58. The molecular formula is C23H24F3N3O4.